The molecule has 1 aromatic carbocycles. The quantitative estimate of drug-likeness (QED) is 0.881. The zero-order valence-electron chi connectivity index (χ0n) is 11.2. The summed E-state index contributed by atoms with van der Waals surface area (Å²) in [6.45, 7) is 4.58. The highest BCUT2D eigenvalue weighted by atomic mass is 19.1. The number of nitrogens with zero attached hydrogens (tertiary/aromatic N) is 1. The molecular formula is C14H19FN2O2. The number of halogens is 1. The lowest BCUT2D eigenvalue weighted by Gasteiger charge is -2.37. The standard InChI is InChI=1S/C14H19FN2O2/c1-9-7-17(14(18)10(2)16)8-13(19-9)11-3-5-12(15)6-4-11/h3-6,9-10,13H,7-8,16H2,1-2H3/t9?,10-,13?/m0/s1. The van der Waals surface area contributed by atoms with E-state index in [-0.39, 0.29) is 23.9 Å². The molecule has 2 rings (SSSR count). The predicted molar refractivity (Wildman–Crippen MR) is 69.9 cm³/mol. The van der Waals surface area contributed by atoms with E-state index in [1.165, 1.54) is 12.1 Å². The van der Waals surface area contributed by atoms with Crippen LogP contribution in [0.4, 0.5) is 4.39 Å². The second kappa shape index (κ2) is 5.67. The van der Waals surface area contributed by atoms with Crippen LogP contribution in [-0.4, -0.2) is 36.0 Å². The molecule has 5 heteroatoms. The highest BCUT2D eigenvalue weighted by molar-refractivity contribution is 5.81. The third-order valence-corrected chi connectivity index (χ3v) is 3.20. The Labute approximate surface area is 112 Å². The SMILES string of the molecule is CC1CN(C(=O)[C@H](C)N)CC(c2ccc(F)cc2)O1. The van der Waals surface area contributed by atoms with Gasteiger partial charge in [-0.05, 0) is 31.5 Å². The van der Waals surface area contributed by atoms with Crippen LogP contribution in [0.25, 0.3) is 0 Å². The molecule has 2 N–H and O–H groups in total. The fourth-order valence-electron chi connectivity index (χ4n) is 2.28. The number of hydrogen-bond donors (Lipinski definition) is 1. The maximum Gasteiger partial charge on any atom is 0.239 e. The molecule has 0 bridgehead atoms. The van der Waals surface area contributed by atoms with Crippen molar-refractivity contribution < 1.29 is 13.9 Å². The Balaban J connectivity index is 2.13. The van der Waals surface area contributed by atoms with Gasteiger partial charge in [-0.3, -0.25) is 4.79 Å². The molecule has 19 heavy (non-hydrogen) atoms. The van der Waals surface area contributed by atoms with Crippen molar-refractivity contribution in [3.8, 4) is 0 Å². The maximum absolute atomic E-state index is 12.9. The van der Waals surface area contributed by atoms with Crippen LogP contribution in [0, 0.1) is 5.82 Å². The highest BCUT2D eigenvalue weighted by Crippen LogP contribution is 2.25. The minimum atomic E-state index is -0.515. The first-order chi connectivity index (χ1) is 8.97. The summed E-state index contributed by atoms with van der Waals surface area (Å²) in [7, 11) is 0. The highest BCUT2D eigenvalue weighted by Gasteiger charge is 2.30. The zero-order chi connectivity index (χ0) is 14.0. The molecule has 1 aliphatic rings. The van der Waals surface area contributed by atoms with Crippen LogP contribution in [0.1, 0.15) is 25.5 Å². The molecular weight excluding hydrogens is 247 g/mol. The van der Waals surface area contributed by atoms with Gasteiger partial charge in [0.25, 0.3) is 0 Å². The smallest absolute Gasteiger partial charge is 0.239 e. The number of carbonyl (C=O) groups excluding carboxylic acids is 1. The van der Waals surface area contributed by atoms with Gasteiger partial charge < -0.3 is 15.4 Å². The summed E-state index contributed by atoms with van der Waals surface area (Å²) in [6, 6.07) is 5.66. The van der Waals surface area contributed by atoms with Crippen molar-refractivity contribution in [3.63, 3.8) is 0 Å². The molecule has 0 radical (unpaired) electrons. The Morgan fingerprint density at radius 2 is 2.05 bits per heavy atom. The molecule has 0 saturated carbocycles. The number of carbonyl (C=O) groups is 1. The first kappa shape index (κ1) is 14.0. The van der Waals surface area contributed by atoms with E-state index in [1.54, 1.807) is 24.0 Å². The molecule has 3 atom stereocenters. The minimum absolute atomic E-state index is 0.0634. The molecule has 1 saturated heterocycles. The lowest BCUT2D eigenvalue weighted by Crippen LogP contribution is -2.50. The third-order valence-electron chi connectivity index (χ3n) is 3.20. The van der Waals surface area contributed by atoms with Crippen LogP contribution in [0.15, 0.2) is 24.3 Å². The van der Waals surface area contributed by atoms with Crippen LogP contribution in [0.2, 0.25) is 0 Å². The Morgan fingerprint density at radius 1 is 1.42 bits per heavy atom. The van der Waals surface area contributed by atoms with Crippen LogP contribution >= 0.6 is 0 Å². The van der Waals surface area contributed by atoms with E-state index >= 15 is 0 Å². The van der Waals surface area contributed by atoms with Gasteiger partial charge in [-0.2, -0.15) is 0 Å². The Morgan fingerprint density at radius 3 is 2.63 bits per heavy atom. The molecule has 4 nitrogen and oxygen atoms in total. The van der Waals surface area contributed by atoms with Gasteiger partial charge in [0.1, 0.15) is 11.9 Å². The summed E-state index contributed by atoms with van der Waals surface area (Å²) in [6.07, 6.45) is -0.293. The van der Waals surface area contributed by atoms with Crippen molar-refractivity contribution in [1.29, 1.82) is 0 Å². The monoisotopic (exact) mass is 266 g/mol. The van der Waals surface area contributed by atoms with Gasteiger partial charge in [0.05, 0.1) is 18.7 Å². The van der Waals surface area contributed by atoms with E-state index in [4.69, 9.17) is 10.5 Å². The molecule has 1 aromatic rings. The van der Waals surface area contributed by atoms with Crippen LogP contribution in [0.5, 0.6) is 0 Å². The average Bonchev–Trinajstić information content (AvgIpc) is 2.37. The van der Waals surface area contributed by atoms with Gasteiger partial charge >= 0.3 is 0 Å². The molecule has 0 aromatic heterocycles. The van der Waals surface area contributed by atoms with Crippen molar-refractivity contribution in [2.75, 3.05) is 13.1 Å². The van der Waals surface area contributed by atoms with E-state index in [1.807, 2.05) is 6.92 Å². The minimum Gasteiger partial charge on any atom is -0.367 e. The molecule has 1 aliphatic heterocycles. The number of hydrogen-bond acceptors (Lipinski definition) is 3. The van der Waals surface area contributed by atoms with E-state index < -0.39 is 6.04 Å². The van der Waals surface area contributed by atoms with E-state index in [0.29, 0.717) is 13.1 Å². The van der Waals surface area contributed by atoms with Gasteiger partial charge in [-0.25, -0.2) is 4.39 Å². The van der Waals surface area contributed by atoms with Gasteiger partial charge in [0.2, 0.25) is 5.91 Å². The van der Waals surface area contributed by atoms with Crippen molar-refractivity contribution in [3.05, 3.63) is 35.6 Å². The largest absolute Gasteiger partial charge is 0.367 e. The van der Waals surface area contributed by atoms with Crippen molar-refractivity contribution in [2.45, 2.75) is 32.1 Å². The average molecular weight is 266 g/mol. The summed E-state index contributed by atoms with van der Waals surface area (Å²) in [5, 5.41) is 0. The van der Waals surface area contributed by atoms with Crippen molar-refractivity contribution in [2.24, 2.45) is 5.73 Å². The second-order valence-electron chi connectivity index (χ2n) is 5.02. The molecule has 1 heterocycles. The molecule has 0 aliphatic carbocycles. The Kier molecular flexibility index (Phi) is 4.17. The van der Waals surface area contributed by atoms with Gasteiger partial charge in [-0.1, -0.05) is 12.1 Å². The number of nitrogens with two attached hydrogens (primary N) is 1. The molecule has 104 valence electrons. The summed E-state index contributed by atoms with van der Waals surface area (Å²) < 4.78 is 18.7. The topological polar surface area (TPSA) is 55.6 Å². The third kappa shape index (κ3) is 3.30. The van der Waals surface area contributed by atoms with Crippen molar-refractivity contribution >= 4 is 5.91 Å². The van der Waals surface area contributed by atoms with E-state index in [0.717, 1.165) is 5.56 Å². The summed E-state index contributed by atoms with van der Waals surface area (Å²) >= 11 is 0. The second-order valence-corrected chi connectivity index (χ2v) is 5.02. The van der Waals surface area contributed by atoms with Gasteiger partial charge in [-0.15, -0.1) is 0 Å². The maximum atomic E-state index is 12.9. The first-order valence-electron chi connectivity index (χ1n) is 6.42. The Hall–Kier alpha value is -1.46. The van der Waals surface area contributed by atoms with Crippen LogP contribution in [0.3, 0.4) is 0 Å². The van der Waals surface area contributed by atoms with Crippen LogP contribution in [-0.2, 0) is 9.53 Å². The molecule has 2 unspecified atom stereocenters. The number of ether oxygens (including phenoxy) is 1. The normalized spacial score (nSPS) is 25.2. The fraction of sp³-hybridized carbons (Fsp3) is 0.500. The zero-order valence-corrected chi connectivity index (χ0v) is 11.2. The van der Waals surface area contributed by atoms with Crippen molar-refractivity contribution in [1.82, 2.24) is 4.90 Å². The number of amides is 1. The lowest BCUT2D eigenvalue weighted by atomic mass is 10.1. The number of morpholine rings is 1. The van der Waals surface area contributed by atoms with E-state index in [9.17, 15) is 9.18 Å². The summed E-state index contributed by atoms with van der Waals surface area (Å²) in [4.78, 5) is 13.7. The predicted octanol–water partition coefficient (Wildman–Crippen LogP) is 1.46. The number of rotatable bonds is 2. The van der Waals surface area contributed by atoms with Crippen LogP contribution < -0.4 is 5.73 Å². The Bertz CT molecular complexity index is 447. The molecule has 0 spiro atoms. The fourth-order valence-corrected chi connectivity index (χ4v) is 2.28. The van der Waals surface area contributed by atoms with Gasteiger partial charge in [0, 0.05) is 6.54 Å². The lowest BCUT2D eigenvalue weighted by molar-refractivity contribution is -0.145. The summed E-state index contributed by atoms with van der Waals surface area (Å²) in [5.74, 6) is -0.363. The van der Waals surface area contributed by atoms with Gasteiger partial charge in [0.15, 0.2) is 0 Å². The first-order valence-corrected chi connectivity index (χ1v) is 6.42. The molecule has 1 amide bonds. The molecule has 1 fully saturated rings. The summed E-state index contributed by atoms with van der Waals surface area (Å²) in [5.41, 5.74) is 6.51. The van der Waals surface area contributed by atoms with E-state index in [2.05, 4.69) is 0 Å². The number of benzene rings is 1.